The second kappa shape index (κ2) is 8.85. The first-order valence-electron chi connectivity index (χ1n) is 10.4. The zero-order valence-electron chi connectivity index (χ0n) is 16.5. The third-order valence-electron chi connectivity index (χ3n) is 6.05. The Labute approximate surface area is 158 Å². The van der Waals surface area contributed by atoms with E-state index < -0.39 is 0 Å². The lowest BCUT2D eigenvalue weighted by Crippen LogP contribution is -2.40. The van der Waals surface area contributed by atoms with Gasteiger partial charge in [0, 0.05) is 30.4 Å². The van der Waals surface area contributed by atoms with Gasteiger partial charge in [-0.1, -0.05) is 32.8 Å². The van der Waals surface area contributed by atoms with Crippen LogP contribution in [0.1, 0.15) is 67.7 Å². The first kappa shape index (κ1) is 19.2. The summed E-state index contributed by atoms with van der Waals surface area (Å²) in [4.78, 5) is 17.8. The molecule has 0 bridgehead atoms. The van der Waals surface area contributed by atoms with Crippen LogP contribution in [0.4, 0.5) is 0 Å². The maximum absolute atomic E-state index is 13.3. The number of hydrogen-bond donors (Lipinski definition) is 0. The molecule has 1 aliphatic heterocycles. The summed E-state index contributed by atoms with van der Waals surface area (Å²) in [6.45, 7) is 12.9. The monoisotopic (exact) mass is 358 g/mol. The SMILES string of the molecule is C=CCn1nc(C(=O)N2CCCCCC2)c2c1CCC(N(CC)CC)C2. The lowest BCUT2D eigenvalue weighted by molar-refractivity contribution is 0.0753. The van der Waals surface area contributed by atoms with Gasteiger partial charge >= 0.3 is 0 Å². The Hall–Kier alpha value is -1.62. The fourth-order valence-electron chi connectivity index (χ4n) is 4.59. The van der Waals surface area contributed by atoms with Gasteiger partial charge in [-0.3, -0.25) is 9.48 Å². The van der Waals surface area contributed by atoms with Gasteiger partial charge in [0.15, 0.2) is 5.69 Å². The number of allylic oxidation sites excluding steroid dienone is 1. The molecule has 1 aliphatic carbocycles. The smallest absolute Gasteiger partial charge is 0.274 e. The van der Waals surface area contributed by atoms with E-state index in [4.69, 9.17) is 5.10 Å². The minimum absolute atomic E-state index is 0.145. The molecule has 0 spiro atoms. The van der Waals surface area contributed by atoms with Crippen LogP contribution in [0.25, 0.3) is 0 Å². The summed E-state index contributed by atoms with van der Waals surface area (Å²) in [6, 6.07) is 0.523. The fraction of sp³-hybridized carbons (Fsp3) is 0.714. The van der Waals surface area contributed by atoms with Crippen LogP contribution in [-0.2, 0) is 19.4 Å². The van der Waals surface area contributed by atoms with Crippen LogP contribution in [0.5, 0.6) is 0 Å². The number of carbonyl (C=O) groups excluding carboxylic acids is 1. The molecule has 3 rings (SSSR count). The molecule has 1 fully saturated rings. The van der Waals surface area contributed by atoms with Crippen molar-refractivity contribution < 1.29 is 4.79 Å². The summed E-state index contributed by atoms with van der Waals surface area (Å²) >= 11 is 0. The largest absolute Gasteiger partial charge is 0.337 e. The summed E-state index contributed by atoms with van der Waals surface area (Å²) in [5.74, 6) is 0.145. The third kappa shape index (κ3) is 3.88. The number of hydrogen-bond acceptors (Lipinski definition) is 3. The summed E-state index contributed by atoms with van der Waals surface area (Å²) < 4.78 is 2.02. The van der Waals surface area contributed by atoms with Crippen LogP contribution in [0.3, 0.4) is 0 Å². The van der Waals surface area contributed by atoms with Gasteiger partial charge < -0.3 is 9.80 Å². The van der Waals surface area contributed by atoms with Crippen molar-refractivity contribution in [1.29, 1.82) is 0 Å². The number of likely N-dealkylation sites (N-methyl/N-ethyl adjacent to an activating group) is 1. The summed E-state index contributed by atoms with van der Waals surface area (Å²) in [5.41, 5.74) is 3.16. The average molecular weight is 359 g/mol. The van der Waals surface area contributed by atoms with Gasteiger partial charge in [0.05, 0.1) is 6.54 Å². The predicted molar refractivity (Wildman–Crippen MR) is 106 cm³/mol. The van der Waals surface area contributed by atoms with Crippen molar-refractivity contribution in [2.24, 2.45) is 0 Å². The minimum Gasteiger partial charge on any atom is -0.337 e. The van der Waals surface area contributed by atoms with E-state index in [1.165, 1.54) is 24.1 Å². The Balaban J connectivity index is 1.90. The molecule has 1 saturated heterocycles. The Morgan fingerprint density at radius 2 is 1.92 bits per heavy atom. The molecule has 1 aromatic heterocycles. The molecule has 1 unspecified atom stereocenters. The van der Waals surface area contributed by atoms with E-state index in [1.807, 2.05) is 15.7 Å². The zero-order valence-corrected chi connectivity index (χ0v) is 16.5. The number of rotatable bonds is 6. The van der Waals surface area contributed by atoms with E-state index in [-0.39, 0.29) is 5.91 Å². The van der Waals surface area contributed by atoms with E-state index in [9.17, 15) is 4.79 Å². The number of carbonyl (C=O) groups is 1. The molecule has 0 aromatic carbocycles. The van der Waals surface area contributed by atoms with Crippen LogP contribution in [0, 0.1) is 0 Å². The zero-order chi connectivity index (χ0) is 18.5. The number of aromatic nitrogens is 2. The summed E-state index contributed by atoms with van der Waals surface area (Å²) in [7, 11) is 0. The Kier molecular flexibility index (Phi) is 6.52. The molecule has 0 saturated carbocycles. The topological polar surface area (TPSA) is 41.4 Å². The highest BCUT2D eigenvalue weighted by molar-refractivity contribution is 5.94. The average Bonchev–Trinajstić information content (AvgIpc) is 2.84. The predicted octanol–water partition coefficient (Wildman–Crippen LogP) is 3.28. The van der Waals surface area contributed by atoms with Gasteiger partial charge in [0.2, 0.25) is 0 Å². The minimum atomic E-state index is 0.145. The van der Waals surface area contributed by atoms with E-state index >= 15 is 0 Å². The number of fused-ring (bicyclic) bond motifs is 1. The van der Waals surface area contributed by atoms with Crippen molar-refractivity contribution in [3.8, 4) is 0 Å². The van der Waals surface area contributed by atoms with Crippen LogP contribution < -0.4 is 0 Å². The van der Waals surface area contributed by atoms with E-state index in [0.29, 0.717) is 18.3 Å². The third-order valence-corrected chi connectivity index (χ3v) is 6.05. The number of nitrogens with zero attached hydrogens (tertiary/aromatic N) is 4. The first-order chi connectivity index (χ1) is 12.7. The lowest BCUT2D eigenvalue weighted by Gasteiger charge is -2.33. The van der Waals surface area contributed by atoms with Gasteiger partial charge in [0.25, 0.3) is 5.91 Å². The lowest BCUT2D eigenvalue weighted by atomic mass is 9.90. The second-order valence-electron chi connectivity index (χ2n) is 7.57. The van der Waals surface area contributed by atoms with Crippen molar-refractivity contribution in [3.05, 3.63) is 29.6 Å². The molecule has 2 aliphatic rings. The number of amides is 1. The standard InChI is InChI=1S/C21H34N4O/c1-4-13-25-19-12-11-17(23(5-2)6-3)16-18(19)20(22-25)21(26)24-14-9-7-8-10-15-24/h4,17H,1,5-16H2,2-3H3. The first-order valence-corrected chi connectivity index (χ1v) is 10.4. The van der Waals surface area contributed by atoms with Crippen molar-refractivity contribution in [2.75, 3.05) is 26.2 Å². The van der Waals surface area contributed by atoms with Gasteiger partial charge in [0.1, 0.15) is 0 Å². The number of likely N-dealkylation sites (tertiary alicyclic amines) is 1. The Morgan fingerprint density at radius 3 is 2.54 bits per heavy atom. The molecule has 5 nitrogen and oxygen atoms in total. The van der Waals surface area contributed by atoms with E-state index in [2.05, 4.69) is 25.3 Å². The molecule has 0 N–H and O–H groups in total. The summed E-state index contributed by atoms with van der Waals surface area (Å²) in [6.07, 6.45) is 9.67. The van der Waals surface area contributed by atoms with Crippen LogP contribution in [-0.4, -0.2) is 57.7 Å². The van der Waals surface area contributed by atoms with Gasteiger partial charge in [-0.2, -0.15) is 5.10 Å². The molecule has 1 amide bonds. The quantitative estimate of drug-likeness (QED) is 0.733. The normalized spacial score (nSPS) is 20.7. The molecule has 2 heterocycles. The van der Waals surface area contributed by atoms with Crippen molar-refractivity contribution in [2.45, 2.75) is 71.4 Å². The molecule has 1 aromatic rings. The fourth-order valence-corrected chi connectivity index (χ4v) is 4.59. The molecule has 26 heavy (non-hydrogen) atoms. The second-order valence-corrected chi connectivity index (χ2v) is 7.57. The highest BCUT2D eigenvalue weighted by Gasteiger charge is 2.32. The van der Waals surface area contributed by atoms with Gasteiger partial charge in [-0.25, -0.2) is 0 Å². The highest BCUT2D eigenvalue weighted by Crippen LogP contribution is 2.29. The van der Waals surface area contributed by atoms with Gasteiger partial charge in [-0.05, 0) is 45.2 Å². The Morgan fingerprint density at radius 1 is 1.23 bits per heavy atom. The molecule has 1 atom stereocenters. The van der Waals surface area contributed by atoms with Crippen LogP contribution in [0.15, 0.2) is 12.7 Å². The molecular formula is C21H34N4O. The van der Waals surface area contributed by atoms with E-state index in [0.717, 1.165) is 58.3 Å². The molecule has 0 radical (unpaired) electrons. The Bertz CT molecular complexity index is 624. The van der Waals surface area contributed by atoms with Crippen molar-refractivity contribution in [1.82, 2.24) is 19.6 Å². The van der Waals surface area contributed by atoms with Crippen molar-refractivity contribution >= 4 is 5.91 Å². The summed E-state index contributed by atoms with van der Waals surface area (Å²) in [5, 5.41) is 4.77. The highest BCUT2D eigenvalue weighted by atomic mass is 16.2. The van der Waals surface area contributed by atoms with Crippen molar-refractivity contribution in [3.63, 3.8) is 0 Å². The molecular weight excluding hydrogens is 324 g/mol. The maximum atomic E-state index is 13.3. The maximum Gasteiger partial charge on any atom is 0.274 e. The van der Waals surface area contributed by atoms with Crippen LogP contribution in [0.2, 0.25) is 0 Å². The van der Waals surface area contributed by atoms with E-state index in [1.54, 1.807) is 0 Å². The molecule has 5 heteroatoms. The van der Waals surface area contributed by atoms with Gasteiger partial charge in [-0.15, -0.1) is 6.58 Å². The molecule has 144 valence electrons. The van der Waals surface area contributed by atoms with Crippen LogP contribution >= 0.6 is 0 Å².